The third kappa shape index (κ3) is 11.6. The second-order valence-electron chi connectivity index (χ2n) is 23.8. The van der Waals surface area contributed by atoms with E-state index in [0.29, 0.717) is 57.6 Å². The molecule has 0 saturated heterocycles. The van der Waals surface area contributed by atoms with Crippen molar-refractivity contribution in [3.63, 3.8) is 0 Å². The van der Waals surface area contributed by atoms with E-state index in [4.69, 9.17) is 18.9 Å². The Bertz CT molecular complexity index is 3610. The summed E-state index contributed by atoms with van der Waals surface area (Å²) in [6.07, 6.45) is 17.6. The van der Waals surface area contributed by atoms with Gasteiger partial charge in [-0.1, -0.05) is 0 Å². The zero-order chi connectivity index (χ0) is 55.4. The monoisotopic (exact) mass is 1070 g/mol. The number of carbonyl (C=O) groups is 3. The number of amides is 2. The van der Waals surface area contributed by atoms with Crippen LogP contribution in [0.1, 0.15) is 133 Å². The van der Waals surface area contributed by atoms with E-state index in [1.807, 2.05) is 45.0 Å². The fourth-order valence-corrected chi connectivity index (χ4v) is 11.4. The van der Waals surface area contributed by atoms with Crippen molar-refractivity contribution in [2.45, 2.75) is 141 Å². The number of ether oxygens (including phenoxy) is 4. The van der Waals surface area contributed by atoms with Crippen LogP contribution in [0.3, 0.4) is 0 Å². The zero-order valence-electron chi connectivity index (χ0n) is 44.7. The van der Waals surface area contributed by atoms with Crippen LogP contribution in [0.4, 0.5) is 4.79 Å². The SMILES string of the molecule is CC(C)(C)OC(=O)NC1CC2(C1)CC(c1n[nH]c(=O)n3cccc13)C2.CC(C)(O)COc1ccc2c(C(=O)NC3CC4(C3)CC(c3n[nH]c(=O)n5cccc35)C4)cnn2c1.CC(C)(O)COc1ccc2c(OC=O)cnn2c1. The number of hydrogen-bond donors (Lipinski definition) is 6. The highest BCUT2D eigenvalue weighted by atomic mass is 16.6. The summed E-state index contributed by atoms with van der Waals surface area (Å²) in [6, 6.07) is 15.0. The molecule has 2 spiro atoms. The number of carbonyl (C=O) groups excluding carboxylic acids is 3. The van der Waals surface area contributed by atoms with Crippen LogP contribution in [0.5, 0.6) is 17.2 Å². The lowest BCUT2D eigenvalue weighted by Gasteiger charge is -2.57. The van der Waals surface area contributed by atoms with Crippen molar-refractivity contribution in [2.24, 2.45) is 10.8 Å². The van der Waals surface area contributed by atoms with Gasteiger partial charge in [-0.15, -0.1) is 0 Å². The van der Waals surface area contributed by atoms with E-state index in [-0.39, 0.29) is 54.1 Å². The molecule has 0 atom stereocenters. The fraction of sp³-hybridized carbons (Fsp3) is 0.473. The summed E-state index contributed by atoms with van der Waals surface area (Å²) in [6.45, 7) is 13.0. The van der Waals surface area contributed by atoms with Crippen LogP contribution in [0.2, 0.25) is 0 Å². The maximum absolute atomic E-state index is 12.9. The summed E-state index contributed by atoms with van der Waals surface area (Å²) in [5.41, 5.74) is 3.42. The van der Waals surface area contributed by atoms with Gasteiger partial charge in [0.2, 0.25) is 0 Å². The van der Waals surface area contributed by atoms with Gasteiger partial charge in [0.05, 0.1) is 69.5 Å². The summed E-state index contributed by atoms with van der Waals surface area (Å²) >= 11 is 0. The summed E-state index contributed by atoms with van der Waals surface area (Å²) in [5, 5.41) is 47.6. The molecule has 0 aromatic carbocycles. The fourth-order valence-electron chi connectivity index (χ4n) is 11.4. The molecule has 23 nitrogen and oxygen atoms in total. The van der Waals surface area contributed by atoms with Crippen LogP contribution in [-0.2, 0) is 9.53 Å². The standard InChI is InChI=1S/C25H28N6O4.C18H24N4O3.C12H14N2O4/c1-24(2,34)14-35-17-5-6-19-18(12-26-31(19)13-17)22(32)27-16-10-25(11-16)8-15(9-25)21-20-4-3-7-30(20)23(33)29-28-21;1-17(2,3)25-16(24)19-12-9-18(10-12)7-11(8-18)14-13-5-4-6-22(13)15(23)21-20-14;1-12(2,16)7-17-9-3-4-10-11(18-8-15)5-13-14(10)6-9/h3-7,12-13,15-16,34H,8-11,14H2,1-2H3,(H,27,32)(H,29,33);4-6,11-12H,7-10H2,1-3H3,(H,19,24)(H,21,23);3-6,8,16H,7H2,1-2H3. The van der Waals surface area contributed by atoms with Gasteiger partial charge < -0.3 is 39.8 Å². The molecule has 8 aromatic rings. The van der Waals surface area contributed by atoms with Gasteiger partial charge >= 0.3 is 17.5 Å². The van der Waals surface area contributed by atoms with Crippen LogP contribution in [0.15, 0.2) is 95.3 Å². The number of aromatic nitrogens is 10. The van der Waals surface area contributed by atoms with Crippen molar-refractivity contribution < 1.29 is 43.5 Å². The highest BCUT2D eigenvalue weighted by molar-refractivity contribution is 6.00. The molecule has 0 radical (unpaired) electrons. The topological polar surface area (TPSA) is 288 Å². The molecule has 6 N–H and O–H groups in total. The number of hydrogen-bond acceptors (Lipinski definition) is 15. The van der Waals surface area contributed by atoms with E-state index >= 15 is 0 Å². The average molecular weight is 1070 g/mol. The Morgan fingerprint density at radius 3 is 1.63 bits per heavy atom. The van der Waals surface area contributed by atoms with Crippen LogP contribution < -0.4 is 36.2 Å². The molecule has 23 heteroatoms. The lowest BCUT2D eigenvalue weighted by molar-refractivity contribution is -0.120. The van der Waals surface area contributed by atoms with Gasteiger partial charge in [0.25, 0.3) is 12.4 Å². The van der Waals surface area contributed by atoms with E-state index in [2.05, 4.69) is 41.2 Å². The Morgan fingerprint density at radius 2 is 1.14 bits per heavy atom. The number of alkyl carbamates (subject to hydrolysis) is 1. The van der Waals surface area contributed by atoms with Crippen molar-refractivity contribution in [3.05, 3.63) is 124 Å². The molecule has 4 fully saturated rings. The highest BCUT2D eigenvalue weighted by Crippen LogP contribution is 2.63. The first-order valence-corrected chi connectivity index (χ1v) is 26.1. The van der Waals surface area contributed by atoms with Crippen molar-refractivity contribution >= 4 is 40.5 Å². The molecule has 0 bridgehead atoms. The summed E-state index contributed by atoms with van der Waals surface area (Å²) < 4.78 is 27.5. The minimum Gasteiger partial charge on any atom is -0.489 e. The molecule has 0 unspecified atom stereocenters. The zero-order valence-corrected chi connectivity index (χ0v) is 44.7. The van der Waals surface area contributed by atoms with Crippen molar-refractivity contribution in [3.8, 4) is 17.2 Å². The number of H-pyrrole nitrogens is 2. The van der Waals surface area contributed by atoms with Crippen molar-refractivity contribution in [1.29, 1.82) is 0 Å². The van der Waals surface area contributed by atoms with Gasteiger partial charge in [0.1, 0.15) is 35.8 Å². The maximum atomic E-state index is 12.9. The van der Waals surface area contributed by atoms with Gasteiger partial charge in [-0.2, -0.15) is 20.4 Å². The van der Waals surface area contributed by atoms with E-state index in [0.717, 1.165) is 73.8 Å². The quantitative estimate of drug-likeness (QED) is 0.0737. The first-order chi connectivity index (χ1) is 36.9. The lowest BCUT2D eigenvalue weighted by Crippen LogP contribution is -2.56. The molecule has 4 saturated carbocycles. The summed E-state index contributed by atoms with van der Waals surface area (Å²) in [7, 11) is 0. The number of rotatable bonds is 13. The van der Waals surface area contributed by atoms with Crippen LogP contribution in [0.25, 0.3) is 22.1 Å². The molecule has 12 rings (SSSR count). The highest BCUT2D eigenvalue weighted by Gasteiger charge is 2.55. The van der Waals surface area contributed by atoms with E-state index in [1.165, 1.54) is 6.20 Å². The van der Waals surface area contributed by atoms with Crippen LogP contribution in [-0.4, -0.2) is 119 Å². The Balaban J connectivity index is 0.000000140. The van der Waals surface area contributed by atoms with Gasteiger partial charge in [-0.25, -0.2) is 33.6 Å². The molecular formula is C55H66N12O11. The molecule has 4 aliphatic carbocycles. The number of aliphatic hydroxyl groups is 2. The van der Waals surface area contributed by atoms with E-state index in [9.17, 15) is 34.2 Å². The smallest absolute Gasteiger partial charge is 0.407 e. The first-order valence-electron chi connectivity index (χ1n) is 26.1. The molecule has 8 aromatic heterocycles. The van der Waals surface area contributed by atoms with E-state index < -0.39 is 16.8 Å². The molecule has 2 amide bonds. The van der Waals surface area contributed by atoms with Crippen LogP contribution >= 0.6 is 0 Å². The second-order valence-corrected chi connectivity index (χ2v) is 23.8. The number of pyridine rings is 2. The molecule has 4 aliphatic rings. The molecule has 0 aliphatic heterocycles. The lowest BCUT2D eigenvalue weighted by atomic mass is 9.49. The number of nitrogens with one attached hydrogen (secondary N) is 4. The molecule has 8 heterocycles. The van der Waals surface area contributed by atoms with Gasteiger partial charge in [-0.05, 0) is 159 Å². The number of aromatic amines is 2. The number of fused-ring (bicyclic) bond motifs is 4. The second kappa shape index (κ2) is 20.4. The Morgan fingerprint density at radius 1 is 0.667 bits per heavy atom. The minimum atomic E-state index is -0.935. The summed E-state index contributed by atoms with van der Waals surface area (Å²) in [5.74, 6) is 2.11. The van der Waals surface area contributed by atoms with Crippen LogP contribution in [0, 0.1) is 10.8 Å². The summed E-state index contributed by atoms with van der Waals surface area (Å²) in [4.78, 5) is 58.7. The average Bonchev–Trinajstić information content (AvgIpc) is 4.16. The third-order valence-electron chi connectivity index (χ3n) is 14.8. The molecular weight excluding hydrogens is 1000 g/mol. The third-order valence-corrected chi connectivity index (χ3v) is 14.8. The van der Waals surface area contributed by atoms with Gasteiger partial charge in [0.15, 0.2) is 5.75 Å². The number of nitrogens with zero attached hydrogens (tertiary/aromatic N) is 8. The first kappa shape index (κ1) is 53.4. The van der Waals surface area contributed by atoms with Gasteiger partial charge in [-0.3, -0.25) is 18.4 Å². The van der Waals surface area contributed by atoms with Gasteiger partial charge in [0, 0.05) is 36.3 Å². The normalized spacial score (nSPS) is 22.5. The van der Waals surface area contributed by atoms with Crippen molar-refractivity contribution in [1.82, 2.24) is 59.1 Å². The molecule has 78 heavy (non-hydrogen) atoms. The largest absolute Gasteiger partial charge is 0.489 e. The Kier molecular flexibility index (Phi) is 13.9. The predicted molar refractivity (Wildman–Crippen MR) is 284 cm³/mol. The minimum absolute atomic E-state index is 0.127. The maximum Gasteiger partial charge on any atom is 0.407 e. The van der Waals surface area contributed by atoms with Crippen molar-refractivity contribution in [2.75, 3.05) is 13.2 Å². The van der Waals surface area contributed by atoms with E-state index in [1.54, 1.807) is 101 Å². The Hall–Kier alpha value is -8.05. The molecule has 412 valence electrons. The predicted octanol–water partition coefficient (Wildman–Crippen LogP) is 5.87. The Labute approximate surface area is 447 Å².